The Morgan fingerprint density at radius 1 is 1.27 bits per heavy atom. The van der Waals surface area contributed by atoms with E-state index in [4.69, 9.17) is 10.5 Å². The second-order valence-corrected chi connectivity index (χ2v) is 2.93. The smallest absolute Gasteiger partial charge is 0.166 e. The van der Waals surface area contributed by atoms with Gasteiger partial charge in [0.2, 0.25) is 0 Å². The number of benzene rings is 1. The average Bonchev–Trinajstić information content (AvgIpc) is 2.21. The van der Waals surface area contributed by atoms with Crippen LogP contribution in [0, 0.1) is 41.2 Å². The van der Waals surface area contributed by atoms with Gasteiger partial charge in [0.15, 0.2) is 11.6 Å². The van der Waals surface area contributed by atoms with Crippen molar-refractivity contribution < 1.29 is 8.78 Å². The predicted octanol–water partition coefficient (Wildman–Crippen LogP) is 2.70. The summed E-state index contributed by atoms with van der Waals surface area (Å²) >= 11 is 0. The van der Waals surface area contributed by atoms with Crippen molar-refractivity contribution >= 4 is 6.08 Å². The summed E-state index contributed by atoms with van der Waals surface area (Å²) < 4.78 is 26.1. The van der Waals surface area contributed by atoms with E-state index in [2.05, 4.69) is 0 Å². The van der Waals surface area contributed by atoms with Crippen molar-refractivity contribution in [2.45, 2.75) is 6.92 Å². The van der Waals surface area contributed by atoms with Gasteiger partial charge in [-0.1, -0.05) is 0 Å². The summed E-state index contributed by atoms with van der Waals surface area (Å²) in [6.45, 7) is 1.60. The Bertz CT molecular complexity index is 489. The van der Waals surface area contributed by atoms with Gasteiger partial charge in [-0.3, -0.25) is 0 Å². The molecule has 0 saturated carbocycles. The topological polar surface area (TPSA) is 47.6 Å². The molecule has 0 aromatic heterocycles. The molecular formula is C11H6F2N2. The van der Waals surface area contributed by atoms with E-state index >= 15 is 0 Å². The second kappa shape index (κ2) is 4.34. The molecule has 0 spiro atoms. The van der Waals surface area contributed by atoms with E-state index in [0.29, 0.717) is 5.56 Å². The van der Waals surface area contributed by atoms with E-state index in [1.54, 1.807) is 19.1 Å². The van der Waals surface area contributed by atoms with Crippen molar-refractivity contribution in [1.82, 2.24) is 0 Å². The minimum absolute atomic E-state index is 0.0920. The number of rotatable bonds is 1. The van der Waals surface area contributed by atoms with E-state index in [1.165, 1.54) is 6.07 Å². The molecule has 0 amide bonds. The summed E-state index contributed by atoms with van der Waals surface area (Å²) in [4.78, 5) is 0. The fourth-order valence-electron chi connectivity index (χ4n) is 1.10. The molecule has 0 unspecified atom stereocenters. The molecule has 0 fully saturated rings. The maximum atomic E-state index is 13.2. The van der Waals surface area contributed by atoms with Crippen molar-refractivity contribution in [3.63, 3.8) is 0 Å². The van der Waals surface area contributed by atoms with Crippen LogP contribution in [-0.4, -0.2) is 0 Å². The van der Waals surface area contributed by atoms with Crippen LogP contribution in [0.2, 0.25) is 0 Å². The summed E-state index contributed by atoms with van der Waals surface area (Å²) in [5.74, 6) is -2.04. The summed E-state index contributed by atoms with van der Waals surface area (Å²) in [5.41, 5.74) is 0.167. The van der Waals surface area contributed by atoms with Crippen LogP contribution in [0.15, 0.2) is 17.7 Å². The van der Waals surface area contributed by atoms with E-state index in [-0.39, 0.29) is 11.1 Å². The third kappa shape index (κ3) is 2.38. The molecule has 2 nitrogen and oxygen atoms in total. The molecule has 74 valence electrons. The lowest BCUT2D eigenvalue weighted by molar-refractivity contribution is 0.506. The number of halogens is 2. The highest BCUT2D eigenvalue weighted by Gasteiger charge is 2.08. The Kier molecular flexibility index (Phi) is 3.15. The molecule has 0 atom stereocenters. The molecular weight excluding hydrogens is 198 g/mol. The summed E-state index contributed by atoms with van der Waals surface area (Å²) in [6, 6.07) is 5.57. The van der Waals surface area contributed by atoms with Crippen LogP contribution in [0.3, 0.4) is 0 Å². The van der Waals surface area contributed by atoms with Crippen molar-refractivity contribution in [2.24, 2.45) is 0 Å². The van der Waals surface area contributed by atoms with Gasteiger partial charge in [-0.15, -0.1) is 0 Å². The number of nitriles is 2. The fourth-order valence-corrected chi connectivity index (χ4v) is 1.10. The zero-order chi connectivity index (χ0) is 11.4. The number of hydrogen-bond acceptors (Lipinski definition) is 2. The molecule has 4 heteroatoms. The van der Waals surface area contributed by atoms with Gasteiger partial charge >= 0.3 is 0 Å². The number of hydrogen-bond donors (Lipinski definition) is 0. The van der Waals surface area contributed by atoms with Crippen LogP contribution in [-0.2, 0) is 0 Å². The number of aryl methyl sites for hydroxylation is 1. The molecule has 1 aromatic carbocycles. The van der Waals surface area contributed by atoms with Gasteiger partial charge in [0.25, 0.3) is 0 Å². The summed E-state index contributed by atoms with van der Waals surface area (Å²) in [5, 5.41) is 16.9. The molecule has 0 saturated heterocycles. The predicted molar refractivity (Wildman–Crippen MR) is 50.3 cm³/mol. The standard InChI is InChI=1S/C11H6F2N2/c1-7-2-9(4-8(5-14)6-15)11(13)10(12)3-7/h2-4H,1H3. The minimum atomic E-state index is -1.05. The lowest BCUT2D eigenvalue weighted by atomic mass is 10.1. The van der Waals surface area contributed by atoms with E-state index in [9.17, 15) is 8.78 Å². The molecule has 0 radical (unpaired) electrons. The van der Waals surface area contributed by atoms with Crippen LogP contribution in [0.4, 0.5) is 8.78 Å². The quantitative estimate of drug-likeness (QED) is 0.660. The zero-order valence-electron chi connectivity index (χ0n) is 7.88. The zero-order valence-corrected chi connectivity index (χ0v) is 7.88. The van der Waals surface area contributed by atoms with Crippen molar-refractivity contribution in [3.8, 4) is 12.1 Å². The Morgan fingerprint density at radius 3 is 2.40 bits per heavy atom. The van der Waals surface area contributed by atoms with Crippen LogP contribution in [0.25, 0.3) is 6.08 Å². The van der Waals surface area contributed by atoms with Crippen LogP contribution in [0.5, 0.6) is 0 Å². The lowest BCUT2D eigenvalue weighted by Crippen LogP contribution is -1.91. The molecule has 0 N–H and O–H groups in total. The maximum Gasteiger partial charge on any atom is 0.166 e. The van der Waals surface area contributed by atoms with E-state index < -0.39 is 11.6 Å². The third-order valence-electron chi connectivity index (χ3n) is 1.74. The van der Waals surface area contributed by atoms with Crippen LogP contribution in [0.1, 0.15) is 11.1 Å². The molecule has 0 aliphatic heterocycles. The molecule has 0 bridgehead atoms. The molecule has 1 aromatic rings. The SMILES string of the molecule is Cc1cc(F)c(F)c(C=C(C#N)C#N)c1. The number of allylic oxidation sites excluding steroid dienone is 1. The highest BCUT2D eigenvalue weighted by atomic mass is 19.2. The molecule has 0 aliphatic carbocycles. The summed E-state index contributed by atoms with van der Waals surface area (Å²) in [6.07, 6.45) is 1.02. The Morgan fingerprint density at radius 2 is 1.87 bits per heavy atom. The normalized spacial score (nSPS) is 8.87. The van der Waals surface area contributed by atoms with Gasteiger partial charge in [0, 0.05) is 5.56 Å². The van der Waals surface area contributed by atoms with Gasteiger partial charge in [0.1, 0.15) is 17.7 Å². The Balaban J connectivity index is 3.35. The minimum Gasteiger partial charge on any atom is -0.204 e. The molecule has 0 heterocycles. The second-order valence-electron chi connectivity index (χ2n) is 2.93. The first-order valence-electron chi connectivity index (χ1n) is 4.06. The first kappa shape index (κ1) is 10.9. The highest BCUT2D eigenvalue weighted by Crippen LogP contribution is 2.17. The van der Waals surface area contributed by atoms with E-state index in [1.807, 2.05) is 0 Å². The van der Waals surface area contributed by atoms with Gasteiger partial charge in [-0.05, 0) is 30.7 Å². The van der Waals surface area contributed by atoms with Crippen molar-refractivity contribution in [1.29, 1.82) is 10.5 Å². The largest absolute Gasteiger partial charge is 0.204 e. The average molecular weight is 204 g/mol. The highest BCUT2D eigenvalue weighted by molar-refractivity contribution is 5.62. The first-order valence-corrected chi connectivity index (χ1v) is 4.06. The van der Waals surface area contributed by atoms with Crippen LogP contribution >= 0.6 is 0 Å². The monoisotopic (exact) mass is 204 g/mol. The van der Waals surface area contributed by atoms with Crippen LogP contribution < -0.4 is 0 Å². The van der Waals surface area contributed by atoms with Gasteiger partial charge < -0.3 is 0 Å². The van der Waals surface area contributed by atoms with E-state index in [0.717, 1.165) is 12.1 Å². The van der Waals surface area contributed by atoms with Gasteiger partial charge in [0.05, 0.1) is 0 Å². The summed E-state index contributed by atoms with van der Waals surface area (Å²) in [7, 11) is 0. The third-order valence-corrected chi connectivity index (χ3v) is 1.74. The lowest BCUT2D eigenvalue weighted by Gasteiger charge is -2.00. The Hall–Kier alpha value is -2.20. The molecule has 0 aliphatic rings. The molecule has 15 heavy (non-hydrogen) atoms. The molecule has 1 rings (SSSR count). The Labute approximate surface area is 85.7 Å². The maximum absolute atomic E-state index is 13.2. The first-order chi connectivity index (χ1) is 7.08. The van der Waals surface area contributed by atoms with Gasteiger partial charge in [-0.25, -0.2) is 8.78 Å². The fraction of sp³-hybridized carbons (Fsp3) is 0.0909. The van der Waals surface area contributed by atoms with Crippen molar-refractivity contribution in [3.05, 3.63) is 40.5 Å². The number of nitrogens with zero attached hydrogens (tertiary/aromatic N) is 2. The van der Waals surface area contributed by atoms with Crippen molar-refractivity contribution in [2.75, 3.05) is 0 Å². The van der Waals surface area contributed by atoms with Gasteiger partial charge in [-0.2, -0.15) is 10.5 Å².